The highest BCUT2D eigenvalue weighted by Crippen LogP contribution is 2.36. The molecule has 1 aliphatic rings. The molecule has 8 heteroatoms. The minimum absolute atomic E-state index is 0.267. The third kappa shape index (κ3) is 3.88. The van der Waals surface area contributed by atoms with Crippen LogP contribution in [0.2, 0.25) is 10.0 Å². The molecule has 2 aromatic rings. The van der Waals surface area contributed by atoms with E-state index in [2.05, 4.69) is 12.4 Å². The molecular weight excluding hydrogens is 395 g/mol. The fourth-order valence-corrected chi connectivity index (χ4v) is 4.69. The standard InChI is InChI=1S/C18H18Cl2N2O3S/c1-3-25-18(24)15-11-6-7-22(2)9-14(11)26-17(15)21-16(23)12-8-10(19)4-5-13(12)20/h4-5,8H,3,6-7,9H2,1-2H3,(H,21,23)/p+1. The van der Waals surface area contributed by atoms with Gasteiger partial charge in [-0.3, -0.25) is 4.79 Å². The number of ether oxygens (including phenoxy) is 1. The summed E-state index contributed by atoms with van der Waals surface area (Å²) in [5.74, 6) is -0.806. The number of benzene rings is 1. The van der Waals surface area contributed by atoms with Gasteiger partial charge >= 0.3 is 5.97 Å². The molecular formula is C18H19Cl2N2O3S+. The van der Waals surface area contributed by atoms with Gasteiger partial charge in [0, 0.05) is 11.4 Å². The number of fused-ring (bicyclic) bond motifs is 1. The highest BCUT2D eigenvalue weighted by molar-refractivity contribution is 7.17. The summed E-state index contributed by atoms with van der Waals surface area (Å²) in [7, 11) is 2.11. The molecule has 0 saturated carbocycles. The van der Waals surface area contributed by atoms with Crippen molar-refractivity contribution in [3.05, 3.63) is 49.8 Å². The maximum atomic E-state index is 12.7. The van der Waals surface area contributed by atoms with E-state index >= 15 is 0 Å². The maximum Gasteiger partial charge on any atom is 0.341 e. The zero-order chi connectivity index (χ0) is 18.8. The van der Waals surface area contributed by atoms with Crippen molar-refractivity contribution in [2.75, 3.05) is 25.5 Å². The minimum atomic E-state index is -0.406. The predicted octanol–water partition coefficient (Wildman–Crippen LogP) is 3.05. The Hall–Kier alpha value is -1.60. The van der Waals surface area contributed by atoms with Gasteiger partial charge in [0.1, 0.15) is 11.5 Å². The second kappa shape index (κ2) is 7.96. The number of anilines is 1. The molecule has 2 N–H and O–H groups in total. The van der Waals surface area contributed by atoms with Crippen LogP contribution in [-0.2, 0) is 17.7 Å². The highest BCUT2D eigenvalue weighted by atomic mass is 35.5. The highest BCUT2D eigenvalue weighted by Gasteiger charge is 2.30. The van der Waals surface area contributed by atoms with E-state index in [1.165, 1.54) is 22.3 Å². The van der Waals surface area contributed by atoms with Gasteiger partial charge in [-0.15, -0.1) is 11.3 Å². The van der Waals surface area contributed by atoms with Crippen LogP contribution in [0, 0.1) is 0 Å². The van der Waals surface area contributed by atoms with Crippen LogP contribution in [0.15, 0.2) is 18.2 Å². The number of quaternary nitrogens is 1. The van der Waals surface area contributed by atoms with Gasteiger partial charge in [-0.25, -0.2) is 4.79 Å². The summed E-state index contributed by atoms with van der Waals surface area (Å²) in [4.78, 5) is 27.7. The topological polar surface area (TPSA) is 59.8 Å². The molecule has 2 heterocycles. The molecule has 138 valence electrons. The largest absolute Gasteiger partial charge is 0.462 e. The lowest BCUT2D eigenvalue weighted by Gasteiger charge is -2.19. The van der Waals surface area contributed by atoms with Crippen molar-refractivity contribution in [3.63, 3.8) is 0 Å². The van der Waals surface area contributed by atoms with Crippen LogP contribution in [-0.4, -0.2) is 32.1 Å². The van der Waals surface area contributed by atoms with Crippen molar-refractivity contribution in [2.45, 2.75) is 19.9 Å². The van der Waals surface area contributed by atoms with Crippen molar-refractivity contribution in [2.24, 2.45) is 0 Å². The molecule has 0 bridgehead atoms. The molecule has 1 unspecified atom stereocenters. The Labute approximate surface area is 165 Å². The molecule has 3 rings (SSSR count). The average Bonchev–Trinajstić information content (AvgIpc) is 2.94. The fourth-order valence-electron chi connectivity index (χ4n) is 2.97. The van der Waals surface area contributed by atoms with Crippen LogP contribution in [0.4, 0.5) is 5.00 Å². The molecule has 1 aliphatic heterocycles. The van der Waals surface area contributed by atoms with Gasteiger partial charge in [0.05, 0.1) is 41.2 Å². The van der Waals surface area contributed by atoms with Gasteiger partial charge in [0.25, 0.3) is 5.91 Å². The van der Waals surface area contributed by atoms with Gasteiger partial charge in [0.15, 0.2) is 0 Å². The van der Waals surface area contributed by atoms with Crippen molar-refractivity contribution >= 4 is 51.4 Å². The van der Waals surface area contributed by atoms with Crippen LogP contribution in [0.5, 0.6) is 0 Å². The summed E-state index contributed by atoms with van der Waals surface area (Å²) in [6.07, 6.45) is 0.777. The quantitative estimate of drug-likeness (QED) is 0.757. The number of esters is 1. The third-order valence-electron chi connectivity index (χ3n) is 4.23. The second-order valence-electron chi connectivity index (χ2n) is 6.14. The molecule has 0 aliphatic carbocycles. The third-order valence-corrected chi connectivity index (χ3v) is 5.95. The Bertz CT molecular complexity index is 866. The summed E-state index contributed by atoms with van der Waals surface area (Å²) in [6, 6.07) is 4.70. The molecule has 5 nitrogen and oxygen atoms in total. The van der Waals surface area contributed by atoms with E-state index in [0.29, 0.717) is 20.6 Å². The van der Waals surface area contributed by atoms with Gasteiger partial charge in [-0.2, -0.15) is 0 Å². The molecule has 26 heavy (non-hydrogen) atoms. The first kappa shape index (κ1) is 19.2. The van der Waals surface area contributed by atoms with E-state index in [0.717, 1.165) is 30.0 Å². The van der Waals surface area contributed by atoms with Crippen molar-refractivity contribution in [3.8, 4) is 0 Å². The molecule has 0 spiro atoms. The van der Waals surface area contributed by atoms with Gasteiger partial charge in [-0.1, -0.05) is 23.2 Å². The Morgan fingerprint density at radius 1 is 1.35 bits per heavy atom. The average molecular weight is 414 g/mol. The fraction of sp³-hybridized carbons (Fsp3) is 0.333. The Morgan fingerprint density at radius 2 is 2.12 bits per heavy atom. The molecule has 1 aromatic carbocycles. The van der Waals surface area contributed by atoms with E-state index in [-0.39, 0.29) is 12.2 Å². The second-order valence-corrected chi connectivity index (χ2v) is 8.09. The lowest BCUT2D eigenvalue weighted by atomic mass is 10.0. The summed E-state index contributed by atoms with van der Waals surface area (Å²) < 4.78 is 5.21. The smallest absolute Gasteiger partial charge is 0.341 e. The number of nitrogens with one attached hydrogen (secondary N) is 2. The number of thiophene rings is 1. The molecule has 0 radical (unpaired) electrons. The lowest BCUT2D eigenvalue weighted by Crippen LogP contribution is -3.08. The van der Waals surface area contributed by atoms with E-state index in [1.54, 1.807) is 19.1 Å². The van der Waals surface area contributed by atoms with Crippen LogP contribution in [0.1, 0.15) is 38.1 Å². The number of hydrogen-bond donors (Lipinski definition) is 2. The zero-order valence-corrected chi connectivity index (χ0v) is 16.8. The van der Waals surface area contributed by atoms with Gasteiger partial charge in [0.2, 0.25) is 0 Å². The molecule has 0 fully saturated rings. The van der Waals surface area contributed by atoms with E-state index < -0.39 is 11.9 Å². The number of likely N-dealkylation sites (N-methyl/N-ethyl adjacent to an activating group) is 1. The van der Waals surface area contributed by atoms with Crippen LogP contribution in [0.3, 0.4) is 0 Å². The first-order valence-corrected chi connectivity index (χ1v) is 9.87. The normalized spacial score (nSPS) is 16.1. The summed E-state index contributed by atoms with van der Waals surface area (Å²) in [5, 5.41) is 4.05. The number of hydrogen-bond acceptors (Lipinski definition) is 4. The number of rotatable bonds is 4. The van der Waals surface area contributed by atoms with Crippen LogP contribution >= 0.6 is 34.5 Å². The summed E-state index contributed by atoms with van der Waals surface area (Å²) in [5.41, 5.74) is 1.71. The number of carbonyl (C=O) groups excluding carboxylic acids is 2. The minimum Gasteiger partial charge on any atom is -0.462 e. The van der Waals surface area contributed by atoms with E-state index in [9.17, 15) is 9.59 Å². The van der Waals surface area contributed by atoms with Crippen molar-refractivity contribution in [1.82, 2.24) is 0 Å². The number of halogens is 2. The van der Waals surface area contributed by atoms with Gasteiger partial charge in [-0.05, 0) is 30.7 Å². The van der Waals surface area contributed by atoms with Crippen molar-refractivity contribution < 1.29 is 19.2 Å². The van der Waals surface area contributed by atoms with Crippen molar-refractivity contribution in [1.29, 1.82) is 0 Å². The maximum absolute atomic E-state index is 12.7. The Kier molecular flexibility index (Phi) is 5.87. The Balaban J connectivity index is 1.97. The molecule has 1 aromatic heterocycles. The first-order valence-electron chi connectivity index (χ1n) is 8.30. The molecule has 1 amide bonds. The number of amides is 1. The van der Waals surface area contributed by atoms with Crippen LogP contribution in [0.25, 0.3) is 0 Å². The predicted molar refractivity (Wildman–Crippen MR) is 104 cm³/mol. The van der Waals surface area contributed by atoms with Crippen LogP contribution < -0.4 is 10.2 Å². The zero-order valence-electron chi connectivity index (χ0n) is 14.4. The summed E-state index contributed by atoms with van der Waals surface area (Å²) >= 11 is 13.5. The lowest BCUT2D eigenvalue weighted by molar-refractivity contribution is -0.895. The summed E-state index contributed by atoms with van der Waals surface area (Å²) in [6.45, 7) is 3.80. The molecule has 0 saturated heterocycles. The number of carbonyl (C=O) groups is 2. The van der Waals surface area contributed by atoms with E-state index in [1.807, 2.05) is 0 Å². The molecule has 1 atom stereocenters. The SMILES string of the molecule is CCOC(=O)c1c(NC(=O)c2cc(Cl)ccc2Cl)sc2c1CC[NH+](C)C2. The monoisotopic (exact) mass is 413 g/mol. The van der Waals surface area contributed by atoms with Gasteiger partial charge < -0.3 is 15.0 Å². The Morgan fingerprint density at radius 3 is 2.85 bits per heavy atom. The first-order chi connectivity index (χ1) is 12.4. The van der Waals surface area contributed by atoms with E-state index in [4.69, 9.17) is 27.9 Å².